The van der Waals surface area contributed by atoms with E-state index in [1.807, 2.05) is 13.0 Å². The van der Waals surface area contributed by atoms with E-state index in [4.69, 9.17) is 0 Å². The monoisotopic (exact) mass is 192 g/mol. The van der Waals surface area contributed by atoms with Crippen LogP contribution in [0, 0.1) is 17.3 Å². The molecule has 0 fully saturated rings. The third-order valence-corrected chi connectivity index (χ3v) is 3.37. The lowest BCUT2D eigenvalue weighted by Gasteiger charge is -2.38. The summed E-state index contributed by atoms with van der Waals surface area (Å²) in [4.78, 5) is 11.5. The number of carbonyl (C=O) groups is 1. The summed E-state index contributed by atoms with van der Waals surface area (Å²) in [7, 11) is 0. The standard InChI is InChI=1S/C13H20O/c1-5-6-7-11-10(2)12(14)8-9-13(11,3)4/h5,8-11H,1,6-7H2,2-4H3/t10-,11-/m0/s1. The fourth-order valence-electron chi connectivity index (χ4n) is 2.33. The van der Waals surface area contributed by atoms with Crippen LogP contribution >= 0.6 is 0 Å². The molecular weight excluding hydrogens is 172 g/mol. The van der Waals surface area contributed by atoms with Crippen LogP contribution in [0.25, 0.3) is 0 Å². The summed E-state index contributed by atoms with van der Waals surface area (Å²) in [5, 5.41) is 0. The van der Waals surface area contributed by atoms with E-state index in [0.29, 0.717) is 5.92 Å². The largest absolute Gasteiger partial charge is 0.295 e. The maximum absolute atomic E-state index is 11.5. The predicted molar refractivity (Wildman–Crippen MR) is 60.0 cm³/mol. The van der Waals surface area contributed by atoms with Crippen LogP contribution in [0.4, 0.5) is 0 Å². The molecule has 78 valence electrons. The lowest BCUT2D eigenvalue weighted by Crippen LogP contribution is -2.35. The Labute approximate surface area is 86.9 Å². The van der Waals surface area contributed by atoms with Gasteiger partial charge in [0.05, 0.1) is 0 Å². The molecule has 1 heteroatoms. The minimum atomic E-state index is 0.149. The van der Waals surface area contributed by atoms with Crippen LogP contribution in [0.1, 0.15) is 33.6 Å². The first kappa shape index (κ1) is 11.2. The maximum atomic E-state index is 11.5. The summed E-state index contributed by atoms with van der Waals surface area (Å²) < 4.78 is 0. The van der Waals surface area contributed by atoms with Crippen molar-refractivity contribution in [3.05, 3.63) is 24.8 Å². The summed E-state index contributed by atoms with van der Waals surface area (Å²) in [6.07, 6.45) is 7.80. The second-order valence-corrected chi connectivity index (χ2v) is 4.82. The zero-order valence-corrected chi connectivity index (χ0v) is 9.42. The van der Waals surface area contributed by atoms with Gasteiger partial charge in [-0.1, -0.05) is 32.9 Å². The molecule has 0 spiro atoms. The minimum Gasteiger partial charge on any atom is -0.295 e. The number of allylic oxidation sites excluding steroid dienone is 3. The van der Waals surface area contributed by atoms with Gasteiger partial charge in [-0.25, -0.2) is 0 Å². The van der Waals surface area contributed by atoms with Crippen molar-refractivity contribution in [1.29, 1.82) is 0 Å². The van der Waals surface area contributed by atoms with Gasteiger partial charge in [0.1, 0.15) is 0 Å². The molecule has 0 amide bonds. The topological polar surface area (TPSA) is 17.1 Å². The maximum Gasteiger partial charge on any atom is 0.158 e. The highest BCUT2D eigenvalue weighted by atomic mass is 16.1. The number of hydrogen-bond donors (Lipinski definition) is 0. The molecule has 0 heterocycles. The molecule has 0 aromatic heterocycles. The van der Waals surface area contributed by atoms with Crippen LogP contribution in [0.3, 0.4) is 0 Å². The highest BCUT2D eigenvalue weighted by Crippen LogP contribution is 2.40. The van der Waals surface area contributed by atoms with Crippen molar-refractivity contribution in [2.24, 2.45) is 17.3 Å². The Hall–Kier alpha value is -0.850. The SMILES string of the molecule is C=CCC[C@H]1[C@H](C)C(=O)C=CC1(C)C. The normalized spacial score (nSPS) is 30.4. The van der Waals surface area contributed by atoms with Crippen molar-refractivity contribution in [2.45, 2.75) is 33.6 Å². The first-order valence-corrected chi connectivity index (χ1v) is 5.33. The van der Waals surface area contributed by atoms with Crippen molar-refractivity contribution in [3.63, 3.8) is 0 Å². The quantitative estimate of drug-likeness (QED) is 0.626. The van der Waals surface area contributed by atoms with E-state index < -0.39 is 0 Å². The van der Waals surface area contributed by atoms with Gasteiger partial charge < -0.3 is 0 Å². The lowest BCUT2D eigenvalue weighted by atomic mass is 9.66. The van der Waals surface area contributed by atoms with Gasteiger partial charge >= 0.3 is 0 Å². The molecule has 1 nitrogen and oxygen atoms in total. The van der Waals surface area contributed by atoms with Gasteiger partial charge in [-0.3, -0.25) is 4.79 Å². The van der Waals surface area contributed by atoms with Crippen LogP contribution in [-0.4, -0.2) is 5.78 Å². The summed E-state index contributed by atoms with van der Waals surface area (Å²) in [6.45, 7) is 10.2. The Kier molecular flexibility index (Phi) is 3.30. The van der Waals surface area contributed by atoms with E-state index >= 15 is 0 Å². The van der Waals surface area contributed by atoms with Crippen molar-refractivity contribution >= 4 is 5.78 Å². The first-order chi connectivity index (χ1) is 6.49. The molecule has 0 aromatic carbocycles. The molecular formula is C13H20O. The average molecular weight is 192 g/mol. The molecule has 0 unspecified atom stereocenters. The highest BCUT2D eigenvalue weighted by molar-refractivity contribution is 5.92. The van der Waals surface area contributed by atoms with E-state index in [2.05, 4.69) is 26.5 Å². The summed E-state index contributed by atoms with van der Waals surface area (Å²) >= 11 is 0. The van der Waals surface area contributed by atoms with Gasteiger partial charge in [-0.2, -0.15) is 0 Å². The zero-order valence-electron chi connectivity index (χ0n) is 9.42. The van der Waals surface area contributed by atoms with Gasteiger partial charge in [0.2, 0.25) is 0 Å². The smallest absolute Gasteiger partial charge is 0.158 e. The molecule has 0 saturated carbocycles. The first-order valence-electron chi connectivity index (χ1n) is 5.33. The lowest BCUT2D eigenvalue weighted by molar-refractivity contribution is -0.121. The molecule has 1 aliphatic carbocycles. The third-order valence-electron chi connectivity index (χ3n) is 3.37. The summed E-state index contributed by atoms with van der Waals surface area (Å²) in [6, 6.07) is 0. The van der Waals surface area contributed by atoms with E-state index in [-0.39, 0.29) is 17.1 Å². The van der Waals surface area contributed by atoms with Crippen molar-refractivity contribution < 1.29 is 4.79 Å². The summed E-state index contributed by atoms with van der Waals surface area (Å²) in [5.41, 5.74) is 0.149. The van der Waals surface area contributed by atoms with Gasteiger partial charge in [0.15, 0.2) is 5.78 Å². The molecule has 0 aromatic rings. The van der Waals surface area contributed by atoms with E-state index in [1.165, 1.54) is 0 Å². The van der Waals surface area contributed by atoms with Crippen molar-refractivity contribution in [2.75, 3.05) is 0 Å². The number of hydrogen-bond acceptors (Lipinski definition) is 1. The molecule has 0 radical (unpaired) electrons. The minimum absolute atomic E-state index is 0.149. The molecule has 0 aliphatic heterocycles. The van der Waals surface area contributed by atoms with E-state index in [1.54, 1.807) is 6.08 Å². The third kappa shape index (κ3) is 2.14. The second kappa shape index (κ2) is 4.12. The van der Waals surface area contributed by atoms with E-state index in [0.717, 1.165) is 12.8 Å². The summed E-state index contributed by atoms with van der Waals surface area (Å²) in [5.74, 6) is 0.895. The van der Waals surface area contributed by atoms with Gasteiger partial charge in [-0.15, -0.1) is 6.58 Å². The van der Waals surface area contributed by atoms with Gasteiger partial charge in [0, 0.05) is 5.92 Å². The van der Waals surface area contributed by atoms with Gasteiger partial charge in [-0.05, 0) is 30.3 Å². The molecule has 2 atom stereocenters. The molecule has 1 rings (SSSR count). The molecule has 14 heavy (non-hydrogen) atoms. The Morgan fingerprint density at radius 3 is 2.79 bits per heavy atom. The van der Waals surface area contributed by atoms with Gasteiger partial charge in [0.25, 0.3) is 0 Å². The number of ketones is 1. The van der Waals surface area contributed by atoms with Crippen LogP contribution in [-0.2, 0) is 4.79 Å². The Morgan fingerprint density at radius 1 is 1.57 bits per heavy atom. The molecule has 1 aliphatic rings. The van der Waals surface area contributed by atoms with Crippen LogP contribution < -0.4 is 0 Å². The zero-order chi connectivity index (χ0) is 10.8. The van der Waals surface area contributed by atoms with Crippen LogP contribution in [0.2, 0.25) is 0 Å². The Morgan fingerprint density at radius 2 is 2.21 bits per heavy atom. The average Bonchev–Trinajstić information content (AvgIpc) is 2.12. The van der Waals surface area contributed by atoms with Crippen molar-refractivity contribution in [1.82, 2.24) is 0 Å². The second-order valence-electron chi connectivity index (χ2n) is 4.82. The fraction of sp³-hybridized carbons (Fsp3) is 0.615. The van der Waals surface area contributed by atoms with E-state index in [9.17, 15) is 4.79 Å². The van der Waals surface area contributed by atoms with Crippen LogP contribution in [0.15, 0.2) is 24.8 Å². The molecule has 0 saturated heterocycles. The van der Waals surface area contributed by atoms with Crippen LogP contribution in [0.5, 0.6) is 0 Å². The number of rotatable bonds is 3. The Bertz CT molecular complexity index is 260. The Balaban J connectivity index is 2.82. The number of carbonyl (C=O) groups excluding carboxylic acids is 1. The fourth-order valence-corrected chi connectivity index (χ4v) is 2.33. The highest BCUT2D eigenvalue weighted by Gasteiger charge is 2.36. The molecule has 0 bridgehead atoms. The molecule has 0 N–H and O–H groups in total. The van der Waals surface area contributed by atoms with Crippen molar-refractivity contribution in [3.8, 4) is 0 Å². The predicted octanol–water partition coefficient (Wildman–Crippen LogP) is 3.37.